The Bertz CT molecular complexity index is 613. The van der Waals surface area contributed by atoms with Gasteiger partial charge < -0.3 is 10.6 Å². The van der Waals surface area contributed by atoms with Crippen LogP contribution in [-0.4, -0.2) is 35.4 Å². The van der Waals surface area contributed by atoms with Gasteiger partial charge in [-0.2, -0.15) is 0 Å². The van der Waals surface area contributed by atoms with Gasteiger partial charge >= 0.3 is 0 Å². The molecule has 1 aromatic carbocycles. The number of hydrogen-bond acceptors (Lipinski definition) is 4. The fourth-order valence-electron chi connectivity index (χ4n) is 1.85. The molecule has 0 saturated carbocycles. The van der Waals surface area contributed by atoms with Crippen molar-refractivity contribution in [3.63, 3.8) is 0 Å². The zero-order valence-corrected chi connectivity index (χ0v) is 14.0. The molecule has 2 rings (SSSR count). The minimum atomic E-state index is 0.0776. The van der Waals surface area contributed by atoms with Crippen molar-refractivity contribution in [1.82, 2.24) is 9.88 Å². The summed E-state index contributed by atoms with van der Waals surface area (Å²) in [6.07, 6.45) is 1.15. The number of fused-ring (bicyclic) bond motifs is 1. The molecule has 1 aromatic heterocycles. The summed E-state index contributed by atoms with van der Waals surface area (Å²) in [7, 11) is 1.80. The van der Waals surface area contributed by atoms with Gasteiger partial charge in [-0.3, -0.25) is 4.79 Å². The molecule has 1 atom stereocenters. The molecule has 2 aromatic rings. The van der Waals surface area contributed by atoms with Crippen LogP contribution in [0.25, 0.3) is 10.2 Å². The minimum absolute atomic E-state index is 0.0776. The molecule has 4 nitrogen and oxygen atoms in total. The Balaban J connectivity index is 2.00. The lowest BCUT2D eigenvalue weighted by Gasteiger charge is -2.23. The van der Waals surface area contributed by atoms with Crippen molar-refractivity contribution >= 4 is 43.4 Å². The highest BCUT2D eigenvalue weighted by molar-refractivity contribution is 9.10. The first-order chi connectivity index (χ1) is 9.51. The summed E-state index contributed by atoms with van der Waals surface area (Å²) in [6.45, 7) is 2.44. The van der Waals surface area contributed by atoms with Crippen LogP contribution in [0.1, 0.15) is 18.4 Å². The number of aryl methyl sites for hydroxylation is 1. The molecule has 0 aliphatic rings. The standard InChI is InChI=1S/C14H18BrN3OS/c1-9(8-16)18(2)14(19)6-5-13-17-11-7-10(15)3-4-12(11)20-13/h3-4,7,9H,5-6,8,16H2,1-2H3/t9-/m0/s1. The van der Waals surface area contributed by atoms with E-state index in [0.717, 1.165) is 19.7 Å². The van der Waals surface area contributed by atoms with Crippen LogP contribution in [-0.2, 0) is 11.2 Å². The average molecular weight is 356 g/mol. The van der Waals surface area contributed by atoms with E-state index in [1.54, 1.807) is 23.3 Å². The Morgan fingerprint density at radius 1 is 1.55 bits per heavy atom. The molecule has 108 valence electrons. The maximum absolute atomic E-state index is 12.0. The second-order valence-electron chi connectivity index (χ2n) is 4.81. The third kappa shape index (κ3) is 3.56. The van der Waals surface area contributed by atoms with E-state index in [2.05, 4.69) is 20.9 Å². The highest BCUT2D eigenvalue weighted by Crippen LogP contribution is 2.25. The van der Waals surface area contributed by atoms with Gasteiger partial charge in [-0.05, 0) is 25.1 Å². The number of amides is 1. The number of thiazole rings is 1. The molecule has 20 heavy (non-hydrogen) atoms. The Kier molecular flexibility index (Phi) is 5.12. The lowest BCUT2D eigenvalue weighted by Crippen LogP contribution is -2.39. The Hall–Kier alpha value is -0.980. The zero-order chi connectivity index (χ0) is 14.7. The van der Waals surface area contributed by atoms with E-state index < -0.39 is 0 Å². The predicted octanol–water partition coefficient (Wildman–Crippen LogP) is 2.80. The molecule has 0 fully saturated rings. The van der Waals surface area contributed by atoms with E-state index in [0.29, 0.717) is 19.4 Å². The fourth-order valence-corrected chi connectivity index (χ4v) is 3.15. The third-order valence-corrected chi connectivity index (χ3v) is 4.93. The van der Waals surface area contributed by atoms with E-state index >= 15 is 0 Å². The molecule has 0 spiro atoms. The Morgan fingerprint density at radius 3 is 3.00 bits per heavy atom. The van der Waals surface area contributed by atoms with Crippen molar-refractivity contribution in [1.29, 1.82) is 0 Å². The summed E-state index contributed by atoms with van der Waals surface area (Å²) >= 11 is 5.09. The molecule has 2 N–H and O–H groups in total. The van der Waals surface area contributed by atoms with Crippen LogP contribution in [0, 0.1) is 0 Å². The van der Waals surface area contributed by atoms with Crippen LogP contribution in [0.3, 0.4) is 0 Å². The number of nitrogens with two attached hydrogens (primary N) is 1. The van der Waals surface area contributed by atoms with Crippen molar-refractivity contribution < 1.29 is 4.79 Å². The maximum Gasteiger partial charge on any atom is 0.223 e. The number of carbonyl (C=O) groups excluding carboxylic acids is 1. The largest absolute Gasteiger partial charge is 0.342 e. The Morgan fingerprint density at radius 2 is 2.30 bits per heavy atom. The van der Waals surface area contributed by atoms with Gasteiger partial charge in [0.05, 0.1) is 15.2 Å². The quantitative estimate of drug-likeness (QED) is 0.896. The lowest BCUT2D eigenvalue weighted by atomic mass is 10.2. The monoisotopic (exact) mass is 355 g/mol. The van der Waals surface area contributed by atoms with E-state index in [9.17, 15) is 4.79 Å². The SMILES string of the molecule is C[C@@H](CN)N(C)C(=O)CCc1nc2cc(Br)ccc2s1. The number of carbonyl (C=O) groups is 1. The van der Waals surface area contributed by atoms with E-state index in [1.807, 2.05) is 25.1 Å². The van der Waals surface area contributed by atoms with Gasteiger partial charge in [0.1, 0.15) is 0 Å². The number of benzene rings is 1. The molecule has 6 heteroatoms. The summed E-state index contributed by atoms with van der Waals surface area (Å²) in [6, 6.07) is 6.13. The van der Waals surface area contributed by atoms with Crippen LogP contribution in [0.2, 0.25) is 0 Å². The van der Waals surface area contributed by atoms with E-state index in [-0.39, 0.29) is 11.9 Å². The van der Waals surface area contributed by atoms with Gasteiger partial charge in [0, 0.05) is 36.9 Å². The number of aromatic nitrogens is 1. The van der Waals surface area contributed by atoms with Gasteiger partial charge in [-0.25, -0.2) is 4.98 Å². The van der Waals surface area contributed by atoms with Crippen LogP contribution >= 0.6 is 27.3 Å². The number of nitrogens with zero attached hydrogens (tertiary/aromatic N) is 2. The van der Waals surface area contributed by atoms with Crippen molar-refractivity contribution in [3.8, 4) is 0 Å². The second kappa shape index (κ2) is 6.65. The van der Waals surface area contributed by atoms with Crippen LogP contribution < -0.4 is 5.73 Å². The molecule has 0 saturated heterocycles. The summed E-state index contributed by atoms with van der Waals surface area (Å²) in [4.78, 5) is 18.3. The molecule has 0 unspecified atom stereocenters. The van der Waals surface area contributed by atoms with Gasteiger partial charge in [0.2, 0.25) is 5.91 Å². The minimum Gasteiger partial charge on any atom is -0.342 e. The number of halogens is 1. The third-order valence-electron chi connectivity index (χ3n) is 3.34. The molecule has 1 heterocycles. The summed E-state index contributed by atoms with van der Waals surface area (Å²) in [5, 5.41) is 1.00. The number of rotatable bonds is 5. The first-order valence-corrected chi connectivity index (χ1v) is 8.13. The molecular formula is C14H18BrN3OS. The van der Waals surface area contributed by atoms with Gasteiger partial charge in [0.15, 0.2) is 0 Å². The first kappa shape index (κ1) is 15.4. The molecule has 1 amide bonds. The van der Waals surface area contributed by atoms with Crippen molar-refractivity contribution in [3.05, 3.63) is 27.7 Å². The topological polar surface area (TPSA) is 59.2 Å². The number of hydrogen-bond donors (Lipinski definition) is 1. The second-order valence-corrected chi connectivity index (χ2v) is 6.84. The molecular weight excluding hydrogens is 338 g/mol. The normalized spacial score (nSPS) is 12.6. The van der Waals surface area contributed by atoms with Crippen molar-refractivity contribution in [2.75, 3.05) is 13.6 Å². The van der Waals surface area contributed by atoms with E-state index in [1.165, 1.54) is 0 Å². The van der Waals surface area contributed by atoms with Gasteiger partial charge in [-0.1, -0.05) is 15.9 Å². The highest BCUT2D eigenvalue weighted by atomic mass is 79.9. The zero-order valence-electron chi connectivity index (χ0n) is 11.6. The van der Waals surface area contributed by atoms with Crippen LogP contribution in [0.4, 0.5) is 0 Å². The van der Waals surface area contributed by atoms with Gasteiger partial charge in [0.25, 0.3) is 0 Å². The summed E-state index contributed by atoms with van der Waals surface area (Å²) in [5.41, 5.74) is 6.56. The first-order valence-electron chi connectivity index (χ1n) is 6.52. The predicted molar refractivity (Wildman–Crippen MR) is 86.9 cm³/mol. The smallest absolute Gasteiger partial charge is 0.223 e. The molecule has 0 aliphatic carbocycles. The number of likely N-dealkylation sites (N-methyl/N-ethyl adjacent to an activating group) is 1. The lowest BCUT2D eigenvalue weighted by molar-refractivity contribution is -0.131. The van der Waals surface area contributed by atoms with E-state index in [4.69, 9.17) is 5.73 Å². The molecule has 0 bridgehead atoms. The van der Waals surface area contributed by atoms with Crippen LogP contribution in [0.15, 0.2) is 22.7 Å². The fraction of sp³-hybridized carbons (Fsp3) is 0.429. The van der Waals surface area contributed by atoms with Crippen LogP contribution in [0.5, 0.6) is 0 Å². The summed E-state index contributed by atoms with van der Waals surface area (Å²) in [5.74, 6) is 0.114. The van der Waals surface area contributed by atoms with Gasteiger partial charge in [-0.15, -0.1) is 11.3 Å². The molecule has 0 radical (unpaired) electrons. The van der Waals surface area contributed by atoms with Crippen molar-refractivity contribution in [2.45, 2.75) is 25.8 Å². The average Bonchev–Trinajstić information content (AvgIpc) is 2.84. The summed E-state index contributed by atoms with van der Waals surface area (Å²) < 4.78 is 2.17. The maximum atomic E-state index is 12.0. The highest BCUT2D eigenvalue weighted by Gasteiger charge is 2.15. The molecule has 0 aliphatic heterocycles. The Labute approximate surface area is 131 Å². The van der Waals surface area contributed by atoms with Crippen molar-refractivity contribution in [2.24, 2.45) is 5.73 Å².